The molecule has 6 nitrogen and oxygen atoms in total. The first-order valence-electron chi connectivity index (χ1n) is 31.1. The molecular weight excluding hydrogens is 901 g/mol. The van der Waals surface area contributed by atoms with Crippen LogP contribution in [0.2, 0.25) is 0 Å². The second-order valence-corrected chi connectivity index (χ2v) is 20.6. The summed E-state index contributed by atoms with van der Waals surface area (Å²) in [6.07, 6.45) is 80.8. The predicted molar refractivity (Wildman–Crippen MR) is 316 cm³/mol. The number of allylic oxidation sites excluding steroid dienone is 14. The quantitative estimate of drug-likeness (QED) is 0.0261. The van der Waals surface area contributed by atoms with Crippen LogP contribution in [0.3, 0.4) is 0 Å². The van der Waals surface area contributed by atoms with Crippen molar-refractivity contribution in [1.29, 1.82) is 0 Å². The second-order valence-electron chi connectivity index (χ2n) is 20.6. The lowest BCUT2D eigenvalue weighted by molar-refractivity contribution is -0.167. The van der Waals surface area contributed by atoms with Gasteiger partial charge >= 0.3 is 17.9 Å². The summed E-state index contributed by atoms with van der Waals surface area (Å²) in [4.78, 5) is 37.8. The van der Waals surface area contributed by atoms with Crippen molar-refractivity contribution in [3.8, 4) is 0 Å². The highest BCUT2D eigenvalue weighted by Crippen LogP contribution is 2.16. The van der Waals surface area contributed by atoms with Gasteiger partial charge in [0.05, 0.1) is 0 Å². The maximum atomic E-state index is 12.8. The molecule has 0 aromatic heterocycles. The van der Waals surface area contributed by atoms with E-state index in [1.54, 1.807) is 0 Å². The van der Waals surface area contributed by atoms with Crippen LogP contribution in [0.25, 0.3) is 0 Å². The summed E-state index contributed by atoms with van der Waals surface area (Å²) in [6.45, 7) is 6.43. The molecule has 0 saturated carbocycles. The molecule has 0 aliphatic rings. The molecule has 6 heteroatoms. The monoisotopic (exact) mass is 1020 g/mol. The van der Waals surface area contributed by atoms with E-state index in [0.29, 0.717) is 19.3 Å². The lowest BCUT2D eigenvalue weighted by Gasteiger charge is -2.18. The van der Waals surface area contributed by atoms with Gasteiger partial charge in [-0.15, -0.1) is 0 Å². The Morgan fingerprint density at radius 2 is 0.534 bits per heavy atom. The van der Waals surface area contributed by atoms with Gasteiger partial charge in [-0.1, -0.05) is 273 Å². The molecule has 0 radical (unpaired) electrons. The van der Waals surface area contributed by atoms with Crippen LogP contribution in [0.4, 0.5) is 0 Å². The van der Waals surface area contributed by atoms with E-state index < -0.39 is 6.10 Å². The Kier molecular flexibility index (Phi) is 58.3. The van der Waals surface area contributed by atoms with E-state index >= 15 is 0 Å². The van der Waals surface area contributed by atoms with Gasteiger partial charge in [0.25, 0.3) is 0 Å². The van der Waals surface area contributed by atoms with Crippen LogP contribution in [0.5, 0.6) is 0 Å². The molecule has 0 heterocycles. The van der Waals surface area contributed by atoms with Crippen LogP contribution in [0, 0.1) is 0 Å². The van der Waals surface area contributed by atoms with Gasteiger partial charge in [0, 0.05) is 19.3 Å². The molecule has 0 saturated heterocycles. The van der Waals surface area contributed by atoms with Crippen molar-refractivity contribution in [2.75, 3.05) is 13.2 Å². The molecule has 420 valence electrons. The first-order chi connectivity index (χ1) is 36.0. The summed E-state index contributed by atoms with van der Waals surface area (Å²) in [6, 6.07) is 0. The zero-order valence-electron chi connectivity index (χ0n) is 48.1. The Bertz CT molecular complexity index is 1400. The summed E-state index contributed by atoms with van der Waals surface area (Å²) in [5.74, 6) is -0.916. The van der Waals surface area contributed by atoms with Crippen molar-refractivity contribution in [3.05, 3.63) is 85.1 Å². The van der Waals surface area contributed by atoms with Crippen LogP contribution >= 0.6 is 0 Å². The minimum Gasteiger partial charge on any atom is -0.462 e. The van der Waals surface area contributed by atoms with E-state index in [1.807, 2.05) is 0 Å². The fraction of sp³-hybridized carbons (Fsp3) is 0.746. The molecule has 1 unspecified atom stereocenters. The number of rotatable bonds is 56. The standard InChI is InChI=1S/C67H116O6/c1-4-7-10-13-15-17-19-21-23-25-26-27-28-29-30-31-32-33-34-35-36-37-38-39-40-42-43-45-47-49-51-54-57-60-66(69)72-63-64(62-71-65(68)59-56-53-12-9-6-3)73-67(70)61-58-55-52-50-48-46-44-41-24-22-20-18-16-14-11-8-5-2/h8,11,16,18-19,21-22,24-26,28-29,44,46,64H,4-7,9-10,12-15,17,20,23,27,30-43,45,47-63H2,1-3H3/b11-8-,18-16-,21-19-,24-22-,26-25-,29-28-,46-44-. The van der Waals surface area contributed by atoms with Gasteiger partial charge in [-0.3, -0.25) is 14.4 Å². The fourth-order valence-electron chi connectivity index (χ4n) is 8.74. The van der Waals surface area contributed by atoms with Crippen molar-refractivity contribution >= 4 is 17.9 Å². The zero-order valence-corrected chi connectivity index (χ0v) is 48.1. The number of hydrogen-bond acceptors (Lipinski definition) is 6. The van der Waals surface area contributed by atoms with Crippen molar-refractivity contribution in [3.63, 3.8) is 0 Å². The third-order valence-electron chi connectivity index (χ3n) is 13.4. The summed E-state index contributed by atoms with van der Waals surface area (Å²) in [5, 5.41) is 0. The molecular formula is C67H116O6. The Labute approximate surface area is 452 Å². The highest BCUT2D eigenvalue weighted by Gasteiger charge is 2.19. The van der Waals surface area contributed by atoms with E-state index in [1.165, 1.54) is 148 Å². The van der Waals surface area contributed by atoms with Crippen molar-refractivity contribution in [2.45, 2.75) is 309 Å². The van der Waals surface area contributed by atoms with E-state index in [2.05, 4.69) is 106 Å². The summed E-state index contributed by atoms with van der Waals surface area (Å²) in [7, 11) is 0. The average molecular weight is 1020 g/mol. The zero-order chi connectivity index (χ0) is 52.9. The van der Waals surface area contributed by atoms with Gasteiger partial charge in [0.2, 0.25) is 0 Å². The maximum Gasteiger partial charge on any atom is 0.306 e. The second kappa shape index (κ2) is 61.1. The van der Waals surface area contributed by atoms with E-state index in [9.17, 15) is 14.4 Å². The van der Waals surface area contributed by atoms with Crippen LogP contribution in [-0.4, -0.2) is 37.2 Å². The topological polar surface area (TPSA) is 78.9 Å². The van der Waals surface area contributed by atoms with Crippen LogP contribution < -0.4 is 0 Å². The third kappa shape index (κ3) is 59.3. The van der Waals surface area contributed by atoms with E-state index in [-0.39, 0.29) is 31.1 Å². The lowest BCUT2D eigenvalue weighted by Crippen LogP contribution is -2.30. The first kappa shape index (κ1) is 69.6. The fourth-order valence-corrected chi connectivity index (χ4v) is 8.74. The molecule has 0 N–H and O–H groups in total. The van der Waals surface area contributed by atoms with Gasteiger partial charge < -0.3 is 14.2 Å². The Hall–Kier alpha value is -3.41. The molecule has 0 aromatic carbocycles. The molecule has 0 aliphatic heterocycles. The number of hydrogen-bond donors (Lipinski definition) is 0. The molecule has 0 aromatic rings. The number of carbonyl (C=O) groups is 3. The molecule has 0 spiro atoms. The minimum atomic E-state index is -0.785. The number of esters is 3. The lowest BCUT2D eigenvalue weighted by atomic mass is 10.0. The smallest absolute Gasteiger partial charge is 0.306 e. The number of ether oxygens (including phenoxy) is 3. The van der Waals surface area contributed by atoms with E-state index in [4.69, 9.17) is 14.2 Å². The molecule has 73 heavy (non-hydrogen) atoms. The summed E-state index contributed by atoms with van der Waals surface area (Å²) >= 11 is 0. The molecule has 1 atom stereocenters. The molecule has 0 aliphatic carbocycles. The van der Waals surface area contributed by atoms with Crippen molar-refractivity contribution < 1.29 is 28.6 Å². The van der Waals surface area contributed by atoms with Crippen LogP contribution in [0.1, 0.15) is 303 Å². The summed E-state index contributed by atoms with van der Waals surface area (Å²) in [5.41, 5.74) is 0. The van der Waals surface area contributed by atoms with E-state index in [0.717, 1.165) is 116 Å². The normalized spacial score (nSPS) is 12.6. The SMILES string of the molecule is CC/C=C\C/C=C\C/C=C\C/C=C\CCCCCCC(=O)OC(COC(=O)CCCCCCC)COC(=O)CCCCCCCCCCCCCCCCCCCC/C=C\C/C=C\C/C=C\CCCCCCC. The largest absolute Gasteiger partial charge is 0.462 e. The summed E-state index contributed by atoms with van der Waals surface area (Å²) < 4.78 is 16.7. The third-order valence-corrected chi connectivity index (χ3v) is 13.4. The molecule has 0 fully saturated rings. The Morgan fingerprint density at radius 1 is 0.288 bits per heavy atom. The Morgan fingerprint density at radius 3 is 0.836 bits per heavy atom. The number of unbranched alkanes of at least 4 members (excludes halogenated alkanes) is 31. The van der Waals surface area contributed by atoms with Crippen LogP contribution in [0.15, 0.2) is 85.1 Å². The Balaban J connectivity index is 3.97. The van der Waals surface area contributed by atoms with Crippen LogP contribution in [-0.2, 0) is 28.6 Å². The molecule has 0 bridgehead atoms. The average Bonchev–Trinajstić information content (AvgIpc) is 3.39. The predicted octanol–water partition coefficient (Wildman–Crippen LogP) is 21.1. The van der Waals surface area contributed by atoms with Gasteiger partial charge in [-0.2, -0.15) is 0 Å². The van der Waals surface area contributed by atoms with Gasteiger partial charge in [-0.05, 0) is 96.3 Å². The van der Waals surface area contributed by atoms with Gasteiger partial charge in [0.15, 0.2) is 6.10 Å². The first-order valence-corrected chi connectivity index (χ1v) is 31.1. The maximum absolute atomic E-state index is 12.8. The van der Waals surface area contributed by atoms with Crippen molar-refractivity contribution in [1.82, 2.24) is 0 Å². The molecule has 0 amide bonds. The minimum absolute atomic E-state index is 0.0846. The van der Waals surface area contributed by atoms with Gasteiger partial charge in [0.1, 0.15) is 13.2 Å². The van der Waals surface area contributed by atoms with Crippen molar-refractivity contribution in [2.24, 2.45) is 0 Å². The highest BCUT2D eigenvalue weighted by molar-refractivity contribution is 5.71. The molecule has 0 rings (SSSR count). The van der Waals surface area contributed by atoms with Gasteiger partial charge in [-0.25, -0.2) is 0 Å². The number of carbonyl (C=O) groups excluding carboxylic acids is 3. The highest BCUT2D eigenvalue weighted by atomic mass is 16.6.